The summed E-state index contributed by atoms with van der Waals surface area (Å²) in [6, 6.07) is 8.11. The van der Waals surface area contributed by atoms with Crippen LogP contribution in [0.2, 0.25) is 0 Å². The van der Waals surface area contributed by atoms with Gasteiger partial charge in [-0.25, -0.2) is 0 Å². The van der Waals surface area contributed by atoms with Crippen LogP contribution in [0, 0.1) is 0 Å². The van der Waals surface area contributed by atoms with Gasteiger partial charge in [0.25, 0.3) is 0 Å². The van der Waals surface area contributed by atoms with E-state index < -0.39 is 6.10 Å². The average molecular weight is 250 g/mol. The molecule has 1 rings (SSSR count). The number of aliphatic hydroxyl groups excluding tert-OH is 1. The summed E-state index contributed by atoms with van der Waals surface area (Å²) in [6.45, 7) is 3.93. The number of likely N-dealkylation sites (N-methyl/N-ethyl adjacent to an activating group) is 1. The number of nitrogens with zero attached hydrogens (tertiary/aromatic N) is 2. The van der Waals surface area contributed by atoms with Crippen LogP contribution < -0.4 is 4.90 Å². The predicted octanol–water partition coefficient (Wildman–Crippen LogP) is 2.52. The molecule has 0 aliphatic heterocycles. The molecule has 0 aliphatic rings. The number of anilines is 1. The summed E-state index contributed by atoms with van der Waals surface area (Å²) in [5.74, 6) is 0. The molecule has 102 valence electrons. The highest BCUT2D eigenvalue weighted by Gasteiger charge is 2.10. The molecule has 0 aliphatic carbocycles. The van der Waals surface area contributed by atoms with Crippen LogP contribution in [0.15, 0.2) is 24.3 Å². The minimum Gasteiger partial charge on any atom is -0.387 e. The highest BCUT2D eigenvalue weighted by molar-refractivity contribution is 5.46. The fourth-order valence-corrected chi connectivity index (χ4v) is 1.91. The van der Waals surface area contributed by atoms with Crippen molar-refractivity contribution in [3.63, 3.8) is 0 Å². The van der Waals surface area contributed by atoms with E-state index in [1.807, 2.05) is 38.4 Å². The smallest absolute Gasteiger partial charge is 0.0916 e. The SMILES string of the molecule is CCCCN(C)CC(O)c1ccc(N(C)C)cc1. The molecular weight excluding hydrogens is 224 g/mol. The number of unbranched alkanes of at least 4 members (excludes halogenated alkanes) is 1. The maximum atomic E-state index is 10.2. The third-order valence-corrected chi connectivity index (χ3v) is 3.17. The van der Waals surface area contributed by atoms with E-state index in [9.17, 15) is 5.11 Å². The maximum Gasteiger partial charge on any atom is 0.0916 e. The molecule has 0 saturated heterocycles. The normalized spacial score (nSPS) is 12.8. The second-order valence-corrected chi connectivity index (χ2v) is 5.12. The minimum atomic E-state index is -0.400. The lowest BCUT2D eigenvalue weighted by Gasteiger charge is -2.21. The van der Waals surface area contributed by atoms with Crippen molar-refractivity contribution in [2.24, 2.45) is 0 Å². The number of rotatable bonds is 7. The predicted molar refractivity (Wildman–Crippen MR) is 78.1 cm³/mol. The Morgan fingerprint density at radius 3 is 2.22 bits per heavy atom. The van der Waals surface area contributed by atoms with E-state index in [1.165, 1.54) is 12.8 Å². The van der Waals surface area contributed by atoms with Crippen LogP contribution in [-0.2, 0) is 0 Å². The van der Waals surface area contributed by atoms with E-state index in [4.69, 9.17) is 0 Å². The first-order valence-electron chi connectivity index (χ1n) is 6.68. The van der Waals surface area contributed by atoms with Crippen molar-refractivity contribution in [3.05, 3.63) is 29.8 Å². The third kappa shape index (κ3) is 4.67. The zero-order valence-electron chi connectivity index (χ0n) is 12.1. The molecule has 0 saturated carbocycles. The first-order valence-corrected chi connectivity index (χ1v) is 6.68. The van der Waals surface area contributed by atoms with E-state index in [1.54, 1.807) is 0 Å². The van der Waals surface area contributed by atoms with Gasteiger partial charge in [-0.1, -0.05) is 25.5 Å². The minimum absolute atomic E-state index is 0.400. The van der Waals surface area contributed by atoms with Crippen molar-refractivity contribution in [3.8, 4) is 0 Å². The lowest BCUT2D eigenvalue weighted by Crippen LogP contribution is -2.25. The molecule has 1 aromatic rings. The molecule has 1 aromatic carbocycles. The van der Waals surface area contributed by atoms with Gasteiger partial charge in [0, 0.05) is 26.3 Å². The monoisotopic (exact) mass is 250 g/mol. The second kappa shape index (κ2) is 7.39. The van der Waals surface area contributed by atoms with Gasteiger partial charge in [0.05, 0.1) is 6.10 Å². The molecule has 0 radical (unpaired) electrons. The molecular formula is C15H26N2O. The summed E-state index contributed by atoms with van der Waals surface area (Å²) >= 11 is 0. The number of hydrogen-bond donors (Lipinski definition) is 1. The fraction of sp³-hybridized carbons (Fsp3) is 0.600. The molecule has 0 fully saturated rings. The summed E-state index contributed by atoms with van der Waals surface area (Å²) < 4.78 is 0. The largest absolute Gasteiger partial charge is 0.387 e. The van der Waals surface area contributed by atoms with E-state index in [0.717, 1.165) is 17.8 Å². The quantitative estimate of drug-likeness (QED) is 0.805. The van der Waals surface area contributed by atoms with Crippen LogP contribution in [0.1, 0.15) is 31.4 Å². The Morgan fingerprint density at radius 1 is 1.11 bits per heavy atom. The molecule has 0 aromatic heterocycles. The Morgan fingerprint density at radius 2 is 1.72 bits per heavy atom. The van der Waals surface area contributed by atoms with Crippen molar-refractivity contribution in [2.45, 2.75) is 25.9 Å². The first-order chi connectivity index (χ1) is 8.54. The first kappa shape index (κ1) is 15.0. The molecule has 3 nitrogen and oxygen atoms in total. The lowest BCUT2D eigenvalue weighted by molar-refractivity contribution is 0.126. The highest BCUT2D eigenvalue weighted by Crippen LogP contribution is 2.18. The van der Waals surface area contributed by atoms with Crippen LogP contribution in [0.4, 0.5) is 5.69 Å². The van der Waals surface area contributed by atoms with Crippen LogP contribution in [0.25, 0.3) is 0 Å². The van der Waals surface area contributed by atoms with E-state index in [2.05, 4.69) is 23.8 Å². The van der Waals surface area contributed by atoms with Crippen molar-refractivity contribution < 1.29 is 5.11 Å². The van der Waals surface area contributed by atoms with Crippen molar-refractivity contribution in [1.82, 2.24) is 4.90 Å². The summed E-state index contributed by atoms with van der Waals surface area (Å²) in [5.41, 5.74) is 2.15. The second-order valence-electron chi connectivity index (χ2n) is 5.12. The Labute approximate surface area is 111 Å². The maximum absolute atomic E-state index is 10.2. The average Bonchev–Trinajstić information content (AvgIpc) is 2.36. The van der Waals surface area contributed by atoms with E-state index in [0.29, 0.717) is 6.54 Å². The number of aliphatic hydroxyl groups is 1. The van der Waals surface area contributed by atoms with Gasteiger partial charge in [0.2, 0.25) is 0 Å². The summed E-state index contributed by atoms with van der Waals surface area (Å²) in [6.07, 6.45) is 1.98. The number of benzene rings is 1. The molecule has 0 spiro atoms. The molecule has 0 heterocycles. The van der Waals surface area contributed by atoms with Crippen LogP contribution >= 0.6 is 0 Å². The van der Waals surface area contributed by atoms with Gasteiger partial charge >= 0.3 is 0 Å². The molecule has 18 heavy (non-hydrogen) atoms. The van der Waals surface area contributed by atoms with Gasteiger partial charge in [-0.05, 0) is 37.7 Å². The van der Waals surface area contributed by atoms with E-state index >= 15 is 0 Å². The summed E-state index contributed by atoms with van der Waals surface area (Å²) in [4.78, 5) is 4.25. The van der Waals surface area contributed by atoms with Gasteiger partial charge in [-0.2, -0.15) is 0 Å². The van der Waals surface area contributed by atoms with Crippen LogP contribution in [0.3, 0.4) is 0 Å². The zero-order chi connectivity index (χ0) is 13.5. The standard InChI is InChI=1S/C15H26N2O/c1-5-6-11-17(4)12-15(18)13-7-9-14(10-8-13)16(2)3/h7-10,15,18H,5-6,11-12H2,1-4H3. The van der Waals surface area contributed by atoms with Crippen molar-refractivity contribution in [2.75, 3.05) is 39.1 Å². The highest BCUT2D eigenvalue weighted by atomic mass is 16.3. The van der Waals surface area contributed by atoms with Gasteiger partial charge in [0.15, 0.2) is 0 Å². The molecule has 0 amide bonds. The fourth-order valence-electron chi connectivity index (χ4n) is 1.91. The Balaban J connectivity index is 2.53. The van der Waals surface area contributed by atoms with Gasteiger partial charge in [-0.3, -0.25) is 0 Å². The topological polar surface area (TPSA) is 26.7 Å². The van der Waals surface area contributed by atoms with Crippen LogP contribution in [-0.4, -0.2) is 44.2 Å². The molecule has 0 bridgehead atoms. The zero-order valence-corrected chi connectivity index (χ0v) is 12.1. The molecule has 1 unspecified atom stereocenters. The van der Waals surface area contributed by atoms with Gasteiger partial charge < -0.3 is 14.9 Å². The summed E-state index contributed by atoms with van der Waals surface area (Å²) in [5, 5.41) is 10.2. The lowest BCUT2D eigenvalue weighted by atomic mass is 10.1. The van der Waals surface area contributed by atoms with Crippen molar-refractivity contribution >= 4 is 5.69 Å². The van der Waals surface area contributed by atoms with Gasteiger partial charge in [0.1, 0.15) is 0 Å². The van der Waals surface area contributed by atoms with Gasteiger partial charge in [-0.15, -0.1) is 0 Å². The van der Waals surface area contributed by atoms with E-state index in [-0.39, 0.29) is 0 Å². The summed E-state index contributed by atoms with van der Waals surface area (Å²) in [7, 11) is 6.10. The molecule has 3 heteroatoms. The Hall–Kier alpha value is -1.06. The third-order valence-electron chi connectivity index (χ3n) is 3.17. The molecule has 1 atom stereocenters. The van der Waals surface area contributed by atoms with Crippen molar-refractivity contribution in [1.29, 1.82) is 0 Å². The molecule has 1 N–H and O–H groups in total. The Kier molecular flexibility index (Phi) is 6.16. The Bertz CT molecular complexity index is 335. The number of hydrogen-bond acceptors (Lipinski definition) is 3. The van der Waals surface area contributed by atoms with Crippen LogP contribution in [0.5, 0.6) is 0 Å².